The van der Waals surface area contributed by atoms with E-state index in [0.717, 1.165) is 12.8 Å². The molecule has 0 spiro atoms. The van der Waals surface area contributed by atoms with Crippen molar-refractivity contribution >= 4 is 0 Å². The summed E-state index contributed by atoms with van der Waals surface area (Å²) in [4.78, 5) is 0. The lowest BCUT2D eigenvalue weighted by molar-refractivity contribution is 0.929. The first kappa shape index (κ1) is 10.2. The van der Waals surface area contributed by atoms with Crippen LogP contribution in [0.2, 0.25) is 0 Å². The molecule has 0 atom stereocenters. The van der Waals surface area contributed by atoms with Crippen molar-refractivity contribution in [2.75, 3.05) is 0 Å². The van der Waals surface area contributed by atoms with Crippen LogP contribution in [0.5, 0.6) is 0 Å². The zero-order valence-corrected chi connectivity index (χ0v) is 7.69. The molecule has 11 heavy (non-hydrogen) atoms. The molecule has 0 aliphatic carbocycles. The minimum Gasteiger partial charge on any atom is -0.0958 e. The molecular formula is C11H18. The van der Waals surface area contributed by atoms with Crippen LogP contribution in [-0.4, -0.2) is 0 Å². The fourth-order valence-corrected chi connectivity index (χ4v) is 0.758. The monoisotopic (exact) mass is 150 g/mol. The highest BCUT2D eigenvalue weighted by Crippen LogP contribution is 2.06. The van der Waals surface area contributed by atoms with E-state index < -0.39 is 0 Å². The third-order valence-corrected chi connectivity index (χ3v) is 1.58. The van der Waals surface area contributed by atoms with Gasteiger partial charge in [-0.15, -0.1) is 0 Å². The van der Waals surface area contributed by atoms with Gasteiger partial charge in [0.05, 0.1) is 0 Å². The van der Waals surface area contributed by atoms with Gasteiger partial charge in [-0.05, 0) is 12.8 Å². The van der Waals surface area contributed by atoms with Gasteiger partial charge < -0.3 is 0 Å². The van der Waals surface area contributed by atoms with Gasteiger partial charge in [0.1, 0.15) is 0 Å². The van der Waals surface area contributed by atoms with Crippen LogP contribution in [0.3, 0.4) is 0 Å². The summed E-state index contributed by atoms with van der Waals surface area (Å²) >= 11 is 0. The maximum Gasteiger partial charge on any atom is -0.0287 e. The van der Waals surface area contributed by atoms with Crippen LogP contribution in [-0.2, 0) is 0 Å². The first-order valence-corrected chi connectivity index (χ1v) is 4.24. The predicted octanol–water partition coefficient (Wildman–Crippen LogP) is 3.87. The lowest BCUT2D eigenvalue weighted by Gasteiger charge is -1.95. The van der Waals surface area contributed by atoms with E-state index in [4.69, 9.17) is 0 Å². The van der Waals surface area contributed by atoms with Crippen molar-refractivity contribution in [2.45, 2.75) is 33.1 Å². The molecule has 0 aromatic heterocycles. The summed E-state index contributed by atoms with van der Waals surface area (Å²) in [7, 11) is 0. The van der Waals surface area contributed by atoms with Crippen LogP contribution in [0.25, 0.3) is 0 Å². The zero-order chi connectivity index (χ0) is 8.69. The minimum atomic E-state index is 1.02. The van der Waals surface area contributed by atoms with Gasteiger partial charge in [-0.2, -0.15) is 0 Å². The molecule has 0 aliphatic heterocycles. The summed E-state index contributed by atoms with van der Waals surface area (Å²) in [5.74, 6) is 0. The minimum absolute atomic E-state index is 1.02. The molecule has 62 valence electrons. The van der Waals surface area contributed by atoms with E-state index in [1.165, 1.54) is 17.6 Å². The maximum absolute atomic E-state index is 3.92. The van der Waals surface area contributed by atoms with Crippen molar-refractivity contribution < 1.29 is 0 Å². The summed E-state index contributed by atoms with van der Waals surface area (Å²) in [5.41, 5.74) is 2.37. The maximum atomic E-state index is 3.92. The van der Waals surface area contributed by atoms with Gasteiger partial charge in [-0.25, -0.2) is 0 Å². The molecule has 0 aliphatic rings. The Morgan fingerprint density at radius 2 is 1.64 bits per heavy atom. The highest BCUT2D eigenvalue weighted by molar-refractivity contribution is 5.23. The average molecular weight is 150 g/mol. The van der Waals surface area contributed by atoms with Gasteiger partial charge in [-0.3, -0.25) is 0 Å². The van der Waals surface area contributed by atoms with Crippen LogP contribution in [0, 0.1) is 0 Å². The molecule has 0 aromatic carbocycles. The Morgan fingerprint density at radius 3 is 2.09 bits per heavy atom. The SMILES string of the molecule is C=C(/C=C/C(=C)CCC)CC. The molecule has 0 bridgehead atoms. The second kappa shape index (κ2) is 5.96. The second-order valence-corrected chi connectivity index (χ2v) is 2.75. The lowest BCUT2D eigenvalue weighted by Crippen LogP contribution is -1.75. The Balaban J connectivity index is 3.73. The molecule has 0 fully saturated rings. The molecule has 0 saturated heterocycles. The molecule has 0 aromatic rings. The summed E-state index contributed by atoms with van der Waals surface area (Å²) < 4.78 is 0. The third kappa shape index (κ3) is 5.65. The first-order valence-electron chi connectivity index (χ1n) is 4.24. The Morgan fingerprint density at radius 1 is 1.09 bits per heavy atom. The summed E-state index contributed by atoms with van der Waals surface area (Å²) in [5, 5.41) is 0. The van der Waals surface area contributed by atoms with Crippen LogP contribution in [0.15, 0.2) is 36.5 Å². The van der Waals surface area contributed by atoms with Crippen LogP contribution < -0.4 is 0 Å². The summed E-state index contributed by atoms with van der Waals surface area (Å²) in [6.45, 7) is 12.1. The molecule has 0 amide bonds. The van der Waals surface area contributed by atoms with Crippen molar-refractivity contribution in [2.24, 2.45) is 0 Å². The fourth-order valence-electron chi connectivity index (χ4n) is 0.758. The van der Waals surface area contributed by atoms with Crippen LogP contribution in [0.1, 0.15) is 33.1 Å². The molecule has 0 rings (SSSR count). The number of hydrogen-bond acceptors (Lipinski definition) is 0. The predicted molar refractivity (Wildman–Crippen MR) is 52.6 cm³/mol. The van der Waals surface area contributed by atoms with Gasteiger partial charge in [0.25, 0.3) is 0 Å². The first-order chi connectivity index (χ1) is 5.20. The van der Waals surface area contributed by atoms with E-state index in [0.29, 0.717) is 0 Å². The van der Waals surface area contributed by atoms with E-state index in [9.17, 15) is 0 Å². The smallest absolute Gasteiger partial charge is 0.0287 e. The van der Waals surface area contributed by atoms with Gasteiger partial charge in [0.15, 0.2) is 0 Å². The quantitative estimate of drug-likeness (QED) is 0.522. The van der Waals surface area contributed by atoms with Gasteiger partial charge in [0.2, 0.25) is 0 Å². The molecular weight excluding hydrogens is 132 g/mol. The van der Waals surface area contributed by atoms with Crippen molar-refractivity contribution in [1.82, 2.24) is 0 Å². The summed E-state index contributed by atoms with van der Waals surface area (Å²) in [6, 6.07) is 0. The van der Waals surface area contributed by atoms with Crippen molar-refractivity contribution in [3.05, 3.63) is 36.5 Å². The molecule has 0 heteroatoms. The Bertz CT molecular complexity index is 161. The van der Waals surface area contributed by atoms with E-state index in [1.807, 2.05) is 0 Å². The highest BCUT2D eigenvalue weighted by Gasteiger charge is 1.85. The van der Waals surface area contributed by atoms with Gasteiger partial charge >= 0.3 is 0 Å². The summed E-state index contributed by atoms with van der Waals surface area (Å²) in [6.07, 6.45) is 7.40. The lowest BCUT2D eigenvalue weighted by atomic mass is 10.1. The fraction of sp³-hybridized carbons (Fsp3) is 0.455. The van der Waals surface area contributed by atoms with Crippen molar-refractivity contribution in [3.8, 4) is 0 Å². The number of allylic oxidation sites excluding steroid dienone is 4. The Kier molecular flexibility index (Phi) is 5.54. The standard InChI is InChI=1S/C11H18/c1-5-7-11(4)9-8-10(3)6-2/h8-9H,3-7H2,1-2H3/b9-8+. The average Bonchev–Trinajstić information content (AvgIpc) is 2.01. The molecule has 0 radical (unpaired) electrons. The normalized spacial score (nSPS) is 10.4. The van der Waals surface area contributed by atoms with Crippen LogP contribution in [0.4, 0.5) is 0 Å². The van der Waals surface area contributed by atoms with Gasteiger partial charge in [-0.1, -0.05) is 56.7 Å². The molecule has 0 nitrogen and oxygen atoms in total. The number of hydrogen-bond donors (Lipinski definition) is 0. The van der Waals surface area contributed by atoms with E-state index >= 15 is 0 Å². The third-order valence-electron chi connectivity index (χ3n) is 1.58. The van der Waals surface area contributed by atoms with Gasteiger partial charge in [0, 0.05) is 0 Å². The van der Waals surface area contributed by atoms with Crippen molar-refractivity contribution in [1.29, 1.82) is 0 Å². The van der Waals surface area contributed by atoms with E-state index in [2.05, 4.69) is 39.2 Å². The number of rotatable bonds is 5. The van der Waals surface area contributed by atoms with E-state index in [-0.39, 0.29) is 0 Å². The topological polar surface area (TPSA) is 0 Å². The largest absolute Gasteiger partial charge is 0.0958 e. The highest BCUT2D eigenvalue weighted by atomic mass is 13.9. The molecule has 0 saturated carbocycles. The molecule has 0 heterocycles. The van der Waals surface area contributed by atoms with Crippen LogP contribution >= 0.6 is 0 Å². The zero-order valence-electron chi connectivity index (χ0n) is 7.69. The molecule has 0 unspecified atom stereocenters. The molecule has 0 N–H and O–H groups in total. The Labute approximate surface area is 70.3 Å². The van der Waals surface area contributed by atoms with Crippen molar-refractivity contribution in [3.63, 3.8) is 0 Å². The van der Waals surface area contributed by atoms with E-state index in [1.54, 1.807) is 0 Å². The Hall–Kier alpha value is -0.780. The second-order valence-electron chi connectivity index (χ2n) is 2.75.